The van der Waals surface area contributed by atoms with Gasteiger partial charge in [-0.3, -0.25) is 4.79 Å². The lowest BCUT2D eigenvalue weighted by atomic mass is 10.1. The number of benzene rings is 1. The van der Waals surface area contributed by atoms with E-state index >= 15 is 0 Å². The third-order valence-electron chi connectivity index (χ3n) is 3.16. The van der Waals surface area contributed by atoms with Crippen LogP contribution in [0.3, 0.4) is 0 Å². The number of carboxylic acids is 1. The van der Waals surface area contributed by atoms with Crippen molar-refractivity contribution in [3.63, 3.8) is 0 Å². The number of amides is 1. The van der Waals surface area contributed by atoms with Crippen molar-refractivity contribution >= 4 is 23.2 Å². The molecule has 0 saturated heterocycles. The maximum absolute atomic E-state index is 11.8. The fourth-order valence-corrected chi connectivity index (χ4v) is 2.82. The highest BCUT2D eigenvalue weighted by atomic mass is 32.1. The summed E-state index contributed by atoms with van der Waals surface area (Å²) >= 11 is 1.30. The standard InChI is InChI=1S/C16H18N2O3S/c1-11-3-2-4-12(9-11)5-6-14(19)17-8-7-15-18-13(10-22-15)16(20)21/h2-4,9-10H,5-8H2,1H3,(H,17,19)(H,20,21). The highest BCUT2D eigenvalue weighted by Crippen LogP contribution is 2.10. The number of rotatable bonds is 7. The van der Waals surface area contributed by atoms with E-state index in [2.05, 4.69) is 16.4 Å². The van der Waals surface area contributed by atoms with E-state index in [1.54, 1.807) is 0 Å². The van der Waals surface area contributed by atoms with Crippen LogP contribution in [0.2, 0.25) is 0 Å². The molecule has 0 spiro atoms. The Kier molecular flexibility index (Phi) is 5.66. The van der Waals surface area contributed by atoms with Gasteiger partial charge in [0.2, 0.25) is 5.91 Å². The zero-order chi connectivity index (χ0) is 15.9. The summed E-state index contributed by atoms with van der Waals surface area (Å²) < 4.78 is 0. The first-order valence-electron chi connectivity index (χ1n) is 7.04. The number of aryl methyl sites for hydroxylation is 2. The van der Waals surface area contributed by atoms with Gasteiger partial charge in [-0.15, -0.1) is 11.3 Å². The summed E-state index contributed by atoms with van der Waals surface area (Å²) in [5.41, 5.74) is 2.41. The second kappa shape index (κ2) is 7.70. The van der Waals surface area contributed by atoms with Crippen LogP contribution in [-0.2, 0) is 17.6 Å². The van der Waals surface area contributed by atoms with Crippen LogP contribution in [0.15, 0.2) is 29.6 Å². The van der Waals surface area contributed by atoms with Gasteiger partial charge >= 0.3 is 5.97 Å². The molecule has 0 fully saturated rings. The molecule has 22 heavy (non-hydrogen) atoms. The van der Waals surface area contributed by atoms with E-state index in [-0.39, 0.29) is 11.6 Å². The largest absolute Gasteiger partial charge is 0.476 e. The molecule has 0 bridgehead atoms. The number of nitrogens with one attached hydrogen (secondary N) is 1. The zero-order valence-corrected chi connectivity index (χ0v) is 13.2. The van der Waals surface area contributed by atoms with E-state index in [1.165, 1.54) is 22.3 Å². The number of carbonyl (C=O) groups is 2. The van der Waals surface area contributed by atoms with Crippen molar-refractivity contribution < 1.29 is 14.7 Å². The molecule has 2 rings (SSSR count). The maximum atomic E-state index is 11.8. The molecule has 0 unspecified atom stereocenters. The molecule has 6 heteroatoms. The summed E-state index contributed by atoms with van der Waals surface area (Å²) in [4.78, 5) is 26.5. The molecule has 2 N–H and O–H groups in total. The minimum Gasteiger partial charge on any atom is -0.476 e. The van der Waals surface area contributed by atoms with Gasteiger partial charge in [0.1, 0.15) is 0 Å². The molecular formula is C16H18N2O3S. The molecule has 0 radical (unpaired) electrons. The number of aromatic carboxylic acids is 1. The van der Waals surface area contributed by atoms with Gasteiger partial charge in [0, 0.05) is 24.8 Å². The summed E-state index contributed by atoms with van der Waals surface area (Å²) in [7, 11) is 0. The SMILES string of the molecule is Cc1cccc(CCC(=O)NCCc2nc(C(=O)O)cs2)c1. The third-order valence-corrected chi connectivity index (χ3v) is 4.06. The van der Waals surface area contributed by atoms with E-state index in [4.69, 9.17) is 5.11 Å². The molecule has 1 aromatic carbocycles. The molecule has 0 aliphatic carbocycles. The van der Waals surface area contributed by atoms with Gasteiger partial charge in [-0.05, 0) is 18.9 Å². The zero-order valence-electron chi connectivity index (χ0n) is 12.3. The van der Waals surface area contributed by atoms with E-state index in [1.807, 2.05) is 25.1 Å². The Bertz CT molecular complexity index is 667. The molecule has 0 saturated carbocycles. The Balaban J connectivity index is 1.70. The Morgan fingerprint density at radius 2 is 2.14 bits per heavy atom. The molecule has 1 amide bonds. The fourth-order valence-electron chi connectivity index (χ4n) is 2.05. The maximum Gasteiger partial charge on any atom is 0.355 e. The fraction of sp³-hybridized carbons (Fsp3) is 0.312. The Hall–Kier alpha value is -2.21. The van der Waals surface area contributed by atoms with Gasteiger partial charge < -0.3 is 10.4 Å². The van der Waals surface area contributed by atoms with E-state index in [9.17, 15) is 9.59 Å². The van der Waals surface area contributed by atoms with Crippen LogP contribution in [0.1, 0.15) is 33.0 Å². The smallest absolute Gasteiger partial charge is 0.355 e. The summed E-state index contributed by atoms with van der Waals surface area (Å²) in [6.45, 7) is 2.50. The van der Waals surface area contributed by atoms with Crippen molar-refractivity contribution in [3.8, 4) is 0 Å². The number of aromatic nitrogens is 1. The molecule has 1 heterocycles. The summed E-state index contributed by atoms with van der Waals surface area (Å²) in [5.74, 6) is -1.03. The summed E-state index contributed by atoms with van der Waals surface area (Å²) in [5, 5.41) is 13.8. The van der Waals surface area contributed by atoms with Gasteiger partial charge in [-0.1, -0.05) is 29.8 Å². The number of thiazole rings is 1. The van der Waals surface area contributed by atoms with Gasteiger partial charge in [-0.25, -0.2) is 9.78 Å². The lowest BCUT2D eigenvalue weighted by Crippen LogP contribution is -2.25. The summed E-state index contributed by atoms with van der Waals surface area (Å²) in [6.07, 6.45) is 1.71. The Labute approximate surface area is 133 Å². The van der Waals surface area contributed by atoms with Crippen LogP contribution in [0.5, 0.6) is 0 Å². The monoisotopic (exact) mass is 318 g/mol. The first kappa shape index (κ1) is 16.2. The minimum atomic E-state index is -1.02. The van der Waals surface area contributed by atoms with Crippen molar-refractivity contribution in [1.29, 1.82) is 0 Å². The van der Waals surface area contributed by atoms with Gasteiger partial charge in [0.25, 0.3) is 0 Å². The number of hydrogen-bond donors (Lipinski definition) is 2. The van der Waals surface area contributed by atoms with Gasteiger partial charge in [0.05, 0.1) is 5.01 Å². The average molecular weight is 318 g/mol. The molecule has 5 nitrogen and oxygen atoms in total. The normalized spacial score (nSPS) is 10.4. The molecule has 0 aliphatic rings. The third kappa shape index (κ3) is 4.96. The number of carbonyl (C=O) groups excluding carboxylic acids is 1. The van der Waals surface area contributed by atoms with Gasteiger partial charge in [-0.2, -0.15) is 0 Å². The highest BCUT2D eigenvalue weighted by Gasteiger charge is 2.09. The number of carboxylic acid groups (broad SMARTS) is 1. The quantitative estimate of drug-likeness (QED) is 0.822. The first-order valence-corrected chi connectivity index (χ1v) is 7.92. The number of hydrogen-bond acceptors (Lipinski definition) is 4. The summed E-state index contributed by atoms with van der Waals surface area (Å²) in [6, 6.07) is 8.12. The van der Waals surface area contributed by atoms with Crippen molar-refractivity contribution in [2.24, 2.45) is 0 Å². The minimum absolute atomic E-state index is 0.00322. The van der Waals surface area contributed by atoms with Crippen molar-refractivity contribution in [2.45, 2.75) is 26.2 Å². The number of nitrogens with zero attached hydrogens (tertiary/aromatic N) is 1. The molecule has 2 aromatic rings. The van der Waals surface area contributed by atoms with E-state index in [0.717, 1.165) is 10.6 Å². The molecule has 1 aromatic heterocycles. The second-order valence-corrected chi connectivity index (χ2v) is 5.96. The van der Waals surface area contributed by atoms with Crippen LogP contribution >= 0.6 is 11.3 Å². The van der Waals surface area contributed by atoms with Crippen molar-refractivity contribution in [2.75, 3.05) is 6.54 Å². The topological polar surface area (TPSA) is 79.3 Å². The predicted molar refractivity (Wildman–Crippen MR) is 85.3 cm³/mol. The molecular weight excluding hydrogens is 300 g/mol. The van der Waals surface area contributed by atoms with E-state index < -0.39 is 5.97 Å². The van der Waals surface area contributed by atoms with E-state index in [0.29, 0.717) is 25.8 Å². The van der Waals surface area contributed by atoms with Crippen LogP contribution in [-0.4, -0.2) is 28.5 Å². The molecule has 0 aliphatic heterocycles. The van der Waals surface area contributed by atoms with Crippen LogP contribution in [0.25, 0.3) is 0 Å². The van der Waals surface area contributed by atoms with Crippen LogP contribution in [0.4, 0.5) is 0 Å². The lowest BCUT2D eigenvalue weighted by Gasteiger charge is -2.05. The highest BCUT2D eigenvalue weighted by molar-refractivity contribution is 7.09. The predicted octanol–water partition coefficient (Wildman–Crippen LogP) is 2.44. The first-order chi connectivity index (χ1) is 10.5. The second-order valence-electron chi connectivity index (χ2n) is 5.02. The molecule has 0 atom stereocenters. The van der Waals surface area contributed by atoms with Crippen LogP contribution in [0, 0.1) is 6.92 Å². The van der Waals surface area contributed by atoms with Crippen molar-refractivity contribution in [1.82, 2.24) is 10.3 Å². The Morgan fingerprint density at radius 1 is 1.32 bits per heavy atom. The van der Waals surface area contributed by atoms with Gasteiger partial charge in [0.15, 0.2) is 5.69 Å². The Morgan fingerprint density at radius 3 is 2.82 bits per heavy atom. The van der Waals surface area contributed by atoms with Crippen LogP contribution < -0.4 is 5.32 Å². The lowest BCUT2D eigenvalue weighted by molar-refractivity contribution is -0.121. The van der Waals surface area contributed by atoms with Crippen molar-refractivity contribution in [3.05, 3.63) is 51.5 Å². The average Bonchev–Trinajstić information content (AvgIpc) is 2.94. The molecule has 116 valence electrons.